The lowest BCUT2D eigenvalue weighted by atomic mass is 9.86. The third kappa shape index (κ3) is 1.74. The van der Waals surface area contributed by atoms with Crippen molar-refractivity contribution in [2.24, 2.45) is 10.7 Å². The van der Waals surface area contributed by atoms with Gasteiger partial charge in [0.05, 0.1) is 10.7 Å². The summed E-state index contributed by atoms with van der Waals surface area (Å²) in [6, 6.07) is 12.3. The molecule has 3 nitrogen and oxygen atoms in total. The molecule has 96 valence electrons. The van der Waals surface area contributed by atoms with Crippen LogP contribution in [0, 0.1) is 0 Å². The van der Waals surface area contributed by atoms with Crippen LogP contribution in [0.2, 0.25) is 10.0 Å². The summed E-state index contributed by atoms with van der Waals surface area (Å²) in [5.41, 5.74) is 6.04. The molecule has 1 atom stereocenters. The molecule has 2 aromatic rings. The summed E-state index contributed by atoms with van der Waals surface area (Å²) in [5.74, 6) is 0.0952. The molecule has 1 unspecified atom stereocenters. The van der Waals surface area contributed by atoms with E-state index in [0.29, 0.717) is 26.9 Å². The van der Waals surface area contributed by atoms with Gasteiger partial charge in [0.2, 0.25) is 0 Å². The minimum atomic E-state index is -1.48. The zero-order valence-corrected chi connectivity index (χ0v) is 11.3. The number of amidine groups is 1. The summed E-state index contributed by atoms with van der Waals surface area (Å²) < 4.78 is 0. The van der Waals surface area contributed by atoms with E-state index in [1.807, 2.05) is 18.2 Å². The van der Waals surface area contributed by atoms with Gasteiger partial charge in [0.1, 0.15) is 5.84 Å². The van der Waals surface area contributed by atoms with E-state index in [0.717, 1.165) is 0 Å². The fourth-order valence-electron chi connectivity index (χ4n) is 2.28. The second kappa shape index (κ2) is 4.23. The van der Waals surface area contributed by atoms with Crippen molar-refractivity contribution in [3.05, 3.63) is 63.6 Å². The molecule has 3 rings (SSSR count). The third-order valence-electron chi connectivity index (χ3n) is 3.21. The van der Waals surface area contributed by atoms with E-state index in [2.05, 4.69) is 4.99 Å². The number of rotatable bonds is 1. The van der Waals surface area contributed by atoms with Crippen LogP contribution in [0.25, 0.3) is 0 Å². The van der Waals surface area contributed by atoms with Crippen molar-refractivity contribution in [1.29, 1.82) is 0 Å². The van der Waals surface area contributed by atoms with Gasteiger partial charge in [-0.1, -0.05) is 53.5 Å². The van der Waals surface area contributed by atoms with Crippen LogP contribution in [-0.4, -0.2) is 10.9 Å². The standard InChI is InChI=1S/C14H10Cl2N2O/c15-9-6-10-12(11(16)7-9)18-13(17)14(10,19)8-4-2-1-3-5-8/h1-7,19H,(H2,17,18). The first-order chi connectivity index (χ1) is 9.03. The molecule has 0 spiro atoms. The Bertz CT molecular complexity index is 685. The van der Waals surface area contributed by atoms with Crippen LogP contribution in [-0.2, 0) is 5.60 Å². The first-order valence-electron chi connectivity index (χ1n) is 5.65. The average Bonchev–Trinajstić information content (AvgIpc) is 2.66. The van der Waals surface area contributed by atoms with Crippen molar-refractivity contribution >= 4 is 34.7 Å². The van der Waals surface area contributed by atoms with Gasteiger partial charge in [-0.3, -0.25) is 0 Å². The number of halogens is 2. The van der Waals surface area contributed by atoms with Gasteiger partial charge in [0.15, 0.2) is 5.60 Å². The van der Waals surface area contributed by atoms with Gasteiger partial charge in [-0.2, -0.15) is 0 Å². The summed E-state index contributed by atoms with van der Waals surface area (Å²) in [6.45, 7) is 0. The Morgan fingerprint density at radius 2 is 1.79 bits per heavy atom. The van der Waals surface area contributed by atoms with Crippen molar-refractivity contribution in [3.63, 3.8) is 0 Å². The molecule has 5 heteroatoms. The highest BCUT2D eigenvalue weighted by Crippen LogP contribution is 2.46. The van der Waals surface area contributed by atoms with E-state index in [9.17, 15) is 5.11 Å². The third-order valence-corrected chi connectivity index (χ3v) is 3.72. The fraction of sp³-hybridized carbons (Fsp3) is 0.0714. The smallest absolute Gasteiger partial charge is 0.174 e. The molecule has 0 bridgehead atoms. The van der Waals surface area contributed by atoms with Crippen LogP contribution in [0.5, 0.6) is 0 Å². The zero-order chi connectivity index (χ0) is 13.6. The van der Waals surface area contributed by atoms with Crippen molar-refractivity contribution in [2.75, 3.05) is 0 Å². The van der Waals surface area contributed by atoms with Gasteiger partial charge in [0.25, 0.3) is 0 Å². The number of hydrogen-bond donors (Lipinski definition) is 2. The highest BCUT2D eigenvalue weighted by molar-refractivity contribution is 6.37. The molecule has 0 amide bonds. The molecule has 0 fully saturated rings. The van der Waals surface area contributed by atoms with E-state index in [-0.39, 0.29) is 5.84 Å². The SMILES string of the molecule is NC1=Nc2c(Cl)cc(Cl)cc2C1(O)c1ccccc1. The van der Waals surface area contributed by atoms with Gasteiger partial charge in [0, 0.05) is 10.6 Å². The average molecular weight is 293 g/mol. The van der Waals surface area contributed by atoms with E-state index in [1.54, 1.807) is 24.3 Å². The molecule has 1 aliphatic heterocycles. The minimum Gasteiger partial charge on any atom is -0.384 e. The largest absolute Gasteiger partial charge is 0.384 e. The minimum absolute atomic E-state index is 0.0952. The van der Waals surface area contributed by atoms with E-state index >= 15 is 0 Å². The van der Waals surface area contributed by atoms with Crippen LogP contribution in [0.15, 0.2) is 47.5 Å². The molecule has 0 aromatic heterocycles. The second-order valence-corrected chi connectivity index (χ2v) is 5.20. The molecule has 1 aliphatic rings. The van der Waals surface area contributed by atoms with Crippen LogP contribution in [0.1, 0.15) is 11.1 Å². The normalized spacial score (nSPS) is 21.1. The topological polar surface area (TPSA) is 58.6 Å². The quantitative estimate of drug-likeness (QED) is 0.848. The van der Waals surface area contributed by atoms with Gasteiger partial charge < -0.3 is 10.8 Å². The maximum absolute atomic E-state index is 11.0. The molecule has 3 N–H and O–H groups in total. The number of benzene rings is 2. The highest BCUT2D eigenvalue weighted by atomic mass is 35.5. The monoisotopic (exact) mass is 292 g/mol. The summed E-state index contributed by atoms with van der Waals surface area (Å²) in [7, 11) is 0. The number of aliphatic imine (C=N–C) groups is 1. The molecule has 0 radical (unpaired) electrons. The zero-order valence-electron chi connectivity index (χ0n) is 9.77. The molecule has 0 saturated heterocycles. The second-order valence-electron chi connectivity index (χ2n) is 4.36. The maximum Gasteiger partial charge on any atom is 0.174 e. The lowest BCUT2D eigenvalue weighted by Crippen LogP contribution is -2.39. The predicted molar refractivity (Wildman–Crippen MR) is 77.2 cm³/mol. The Morgan fingerprint density at radius 1 is 1.11 bits per heavy atom. The number of nitrogens with zero attached hydrogens (tertiary/aromatic N) is 1. The Kier molecular flexibility index (Phi) is 2.78. The predicted octanol–water partition coefficient (Wildman–Crippen LogP) is 3.23. The number of nitrogens with two attached hydrogens (primary N) is 1. The van der Waals surface area contributed by atoms with Crippen molar-refractivity contribution in [1.82, 2.24) is 0 Å². The Morgan fingerprint density at radius 3 is 2.47 bits per heavy atom. The first kappa shape index (κ1) is 12.5. The lowest BCUT2D eigenvalue weighted by Gasteiger charge is -2.24. The highest BCUT2D eigenvalue weighted by Gasteiger charge is 2.43. The first-order valence-corrected chi connectivity index (χ1v) is 6.41. The summed E-state index contributed by atoms with van der Waals surface area (Å²) in [4.78, 5) is 4.18. The van der Waals surface area contributed by atoms with Crippen LogP contribution in [0.4, 0.5) is 5.69 Å². The molecular weight excluding hydrogens is 283 g/mol. The van der Waals surface area contributed by atoms with E-state index < -0.39 is 5.60 Å². The van der Waals surface area contributed by atoms with Gasteiger partial charge >= 0.3 is 0 Å². The summed E-state index contributed by atoms with van der Waals surface area (Å²) in [6.07, 6.45) is 0. The van der Waals surface area contributed by atoms with Crippen molar-refractivity contribution in [3.8, 4) is 0 Å². The summed E-state index contributed by atoms with van der Waals surface area (Å²) >= 11 is 12.1. The number of fused-ring (bicyclic) bond motifs is 1. The van der Waals surface area contributed by atoms with Crippen LogP contribution < -0.4 is 5.73 Å². The molecule has 0 aliphatic carbocycles. The van der Waals surface area contributed by atoms with E-state index in [1.165, 1.54) is 0 Å². The molecule has 2 aromatic carbocycles. The van der Waals surface area contributed by atoms with Crippen molar-refractivity contribution in [2.45, 2.75) is 5.60 Å². The maximum atomic E-state index is 11.0. The Labute approximate surface area is 120 Å². The Balaban J connectivity index is 2.30. The number of hydrogen-bond acceptors (Lipinski definition) is 3. The van der Waals surface area contributed by atoms with Gasteiger partial charge in [-0.15, -0.1) is 0 Å². The summed E-state index contributed by atoms with van der Waals surface area (Å²) in [5, 5.41) is 11.8. The lowest BCUT2D eigenvalue weighted by molar-refractivity contribution is 0.158. The van der Waals surface area contributed by atoms with Gasteiger partial charge in [-0.05, 0) is 17.7 Å². The number of aliphatic hydroxyl groups is 1. The van der Waals surface area contributed by atoms with Crippen molar-refractivity contribution < 1.29 is 5.11 Å². The fourth-order valence-corrected chi connectivity index (χ4v) is 2.81. The van der Waals surface area contributed by atoms with Crippen LogP contribution in [0.3, 0.4) is 0 Å². The molecular formula is C14H10Cl2N2O. The molecule has 1 heterocycles. The van der Waals surface area contributed by atoms with E-state index in [4.69, 9.17) is 28.9 Å². The Hall–Kier alpha value is -1.55. The molecule has 19 heavy (non-hydrogen) atoms. The molecule has 0 saturated carbocycles. The van der Waals surface area contributed by atoms with Crippen LogP contribution >= 0.6 is 23.2 Å². The van der Waals surface area contributed by atoms with Gasteiger partial charge in [-0.25, -0.2) is 4.99 Å².